The molecular formula is C13H22N2O5S. The Morgan fingerprint density at radius 3 is 2.76 bits per heavy atom. The van der Waals surface area contributed by atoms with Gasteiger partial charge in [-0.15, -0.1) is 0 Å². The molecule has 0 unspecified atom stereocenters. The highest BCUT2D eigenvalue weighted by atomic mass is 32.2. The Hall–Kier alpha value is -1.35. The summed E-state index contributed by atoms with van der Waals surface area (Å²) in [6, 6.07) is 6.82. The molecule has 0 saturated carbocycles. The SMILES string of the molecule is Nc1cccc(OCCS(=O)(=O)NCCCOCCO)c1. The van der Waals surface area contributed by atoms with Crippen molar-refractivity contribution in [2.75, 3.05) is 44.5 Å². The molecule has 0 fully saturated rings. The van der Waals surface area contributed by atoms with Crippen molar-refractivity contribution >= 4 is 15.7 Å². The molecule has 21 heavy (non-hydrogen) atoms. The third-order valence-corrected chi connectivity index (χ3v) is 3.85. The number of sulfonamides is 1. The lowest BCUT2D eigenvalue weighted by molar-refractivity contribution is 0.0913. The predicted octanol–water partition coefficient (Wildman–Crippen LogP) is -0.0340. The van der Waals surface area contributed by atoms with Crippen LogP contribution in [-0.4, -0.2) is 52.2 Å². The van der Waals surface area contributed by atoms with E-state index >= 15 is 0 Å². The Kier molecular flexibility index (Phi) is 8.06. The molecule has 1 aromatic rings. The fraction of sp³-hybridized carbons (Fsp3) is 0.538. The lowest BCUT2D eigenvalue weighted by Crippen LogP contribution is -2.30. The molecule has 0 aliphatic heterocycles. The number of nitrogen functional groups attached to an aromatic ring is 1. The maximum absolute atomic E-state index is 11.7. The maximum atomic E-state index is 11.7. The average Bonchev–Trinajstić information content (AvgIpc) is 2.42. The molecule has 0 aliphatic carbocycles. The number of aliphatic hydroxyl groups is 1. The van der Waals surface area contributed by atoms with E-state index in [1.165, 1.54) is 0 Å². The molecule has 1 rings (SSSR count). The highest BCUT2D eigenvalue weighted by Gasteiger charge is 2.09. The van der Waals surface area contributed by atoms with Gasteiger partial charge in [-0.3, -0.25) is 0 Å². The van der Waals surface area contributed by atoms with Crippen LogP contribution < -0.4 is 15.2 Å². The van der Waals surface area contributed by atoms with Crippen LogP contribution in [0.1, 0.15) is 6.42 Å². The number of rotatable bonds is 11. The van der Waals surface area contributed by atoms with Crippen molar-refractivity contribution in [3.8, 4) is 5.75 Å². The van der Waals surface area contributed by atoms with Crippen LogP contribution in [0.2, 0.25) is 0 Å². The summed E-state index contributed by atoms with van der Waals surface area (Å²) < 4.78 is 36.2. The number of nitrogens with one attached hydrogen (secondary N) is 1. The van der Waals surface area contributed by atoms with Crippen molar-refractivity contribution in [1.82, 2.24) is 4.72 Å². The summed E-state index contributed by atoms with van der Waals surface area (Å²) in [6.07, 6.45) is 0.551. The van der Waals surface area contributed by atoms with E-state index in [-0.39, 0.29) is 25.6 Å². The molecule has 4 N–H and O–H groups in total. The molecule has 8 heteroatoms. The summed E-state index contributed by atoms with van der Waals surface area (Å²) in [5.41, 5.74) is 6.16. The third kappa shape index (κ3) is 8.51. The first-order valence-electron chi connectivity index (χ1n) is 6.68. The number of hydrogen-bond acceptors (Lipinski definition) is 6. The van der Waals surface area contributed by atoms with E-state index in [0.717, 1.165) is 0 Å². The maximum Gasteiger partial charge on any atom is 0.214 e. The zero-order valence-electron chi connectivity index (χ0n) is 11.8. The summed E-state index contributed by atoms with van der Waals surface area (Å²) in [7, 11) is -3.37. The molecular weight excluding hydrogens is 296 g/mol. The van der Waals surface area contributed by atoms with Gasteiger partial charge in [-0.2, -0.15) is 0 Å². The zero-order valence-corrected chi connectivity index (χ0v) is 12.6. The van der Waals surface area contributed by atoms with Crippen molar-refractivity contribution in [2.24, 2.45) is 0 Å². The average molecular weight is 318 g/mol. The summed E-state index contributed by atoms with van der Waals surface area (Å²) in [5, 5.41) is 8.50. The van der Waals surface area contributed by atoms with Crippen molar-refractivity contribution in [3.63, 3.8) is 0 Å². The highest BCUT2D eigenvalue weighted by Crippen LogP contribution is 2.14. The van der Waals surface area contributed by atoms with E-state index in [0.29, 0.717) is 31.0 Å². The number of hydrogen-bond donors (Lipinski definition) is 3. The van der Waals surface area contributed by atoms with Crippen LogP contribution in [-0.2, 0) is 14.8 Å². The van der Waals surface area contributed by atoms with Crippen LogP contribution in [0.4, 0.5) is 5.69 Å². The second-order valence-corrected chi connectivity index (χ2v) is 6.25. The summed E-state index contributed by atoms with van der Waals surface area (Å²) in [4.78, 5) is 0. The minimum atomic E-state index is -3.37. The molecule has 0 heterocycles. The Morgan fingerprint density at radius 1 is 1.24 bits per heavy atom. The summed E-state index contributed by atoms with van der Waals surface area (Å²) in [5.74, 6) is 0.418. The monoisotopic (exact) mass is 318 g/mol. The van der Waals surface area contributed by atoms with Gasteiger partial charge in [0.1, 0.15) is 12.4 Å². The molecule has 0 aliphatic rings. The normalized spacial score (nSPS) is 11.5. The van der Waals surface area contributed by atoms with Crippen LogP contribution in [0.3, 0.4) is 0 Å². The van der Waals surface area contributed by atoms with Gasteiger partial charge >= 0.3 is 0 Å². The lowest BCUT2D eigenvalue weighted by Gasteiger charge is -2.09. The van der Waals surface area contributed by atoms with Gasteiger partial charge in [-0.25, -0.2) is 13.1 Å². The van der Waals surface area contributed by atoms with Gasteiger partial charge in [0.25, 0.3) is 0 Å². The standard InChI is InChI=1S/C13H22N2O5S/c14-12-3-1-4-13(11-12)20-9-10-21(17,18)15-5-2-7-19-8-6-16/h1,3-4,11,15-16H,2,5-10,14H2. The second kappa shape index (κ2) is 9.56. The number of aliphatic hydroxyl groups excluding tert-OH is 1. The zero-order chi connectivity index (χ0) is 15.6. The molecule has 0 saturated heterocycles. The van der Waals surface area contributed by atoms with Crippen LogP contribution in [0.15, 0.2) is 24.3 Å². The fourth-order valence-electron chi connectivity index (χ4n) is 1.51. The van der Waals surface area contributed by atoms with Gasteiger partial charge in [0.2, 0.25) is 10.0 Å². The third-order valence-electron chi connectivity index (χ3n) is 2.50. The van der Waals surface area contributed by atoms with E-state index in [2.05, 4.69) is 4.72 Å². The Morgan fingerprint density at radius 2 is 2.05 bits per heavy atom. The van der Waals surface area contributed by atoms with E-state index in [9.17, 15) is 8.42 Å². The number of benzene rings is 1. The second-order valence-electron chi connectivity index (χ2n) is 4.32. The number of anilines is 1. The number of nitrogens with two attached hydrogens (primary N) is 1. The smallest absolute Gasteiger partial charge is 0.214 e. The first-order chi connectivity index (χ1) is 10.0. The van der Waals surface area contributed by atoms with Gasteiger partial charge in [0, 0.05) is 24.9 Å². The van der Waals surface area contributed by atoms with E-state index in [4.69, 9.17) is 20.3 Å². The van der Waals surface area contributed by atoms with Gasteiger partial charge in [0.05, 0.1) is 19.0 Å². The van der Waals surface area contributed by atoms with Gasteiger partial charge < -0.3 is 20.3 Å². The first-order valence-corrected chi connectivity index (χ1v) is 8.33. The lowest BCUT2D eigenvalue weighted by atomic mass is 10.3. The van der Waals surface area contributed by atoms with Crippen molar-refractivity contribution < 1.29 is 23.0 Å². The van der Waals surface area contributed by atoms with Gasteiger partial charge in [-0.1, -0.05) is 6.07 Å². The molecule has 0 spiro atoms. The van der Waals surface area contributed by atoms with Crippen LogP contribution in [0.25, 0.3) is 0 Å². The summed E-state index contributed by atoms with van der Waals surface area (Å²) >= 11 is 0. The Balaban J connectivity index is 2.17. The molecule has 120 valence electrons. The molecule has 0 amide bonds. The van der Waals surface area contributed by atoms with Crippen molar-refractivity contribution in [3.05, 3.63) is 24.3 Å². The molecule has 0 atom stereocenters. The molecule has 7 nitrogen and oxygen atoms in total. The predicted molar refractivity (Wildman–Crippen MR) is 80.7 cm³/mol. The Bertz CT molecular complexity index is 507. The largest absolute Gasteiger partial charge is 0.492 e. The fourth-order valence-corrected chi connectivity index (χ4v) is 2.42. The molecule has 1 aromatic carbocycles. The van der Waals surface area contributed by atoms with E-state index < -0.39 is 10.0 Å². The highest BCUT2D eigenvalue weighted by molar-refractivity contribution is 7.89. The van der Waals surface area contributed by atoms with Crippen LogP contribution in [0, 0.1) is 0 Å². The molecule has 0 radical (unpaired) electrons. The quantitative estimate of drug-likeness (QED) is 0.390. The molecule has 0 aromatic heterocycles. The topological polar surface area (TPSA) is 111 Å². The molecule has 0 bridgehead atoms. The minimum absolute atomic E-state index is 0.0347. The van der Waals surface area contributed by atoms with Crippen molar-refractivity contribution in [2.45, 2.75) is 6.42 Å². The Labute approximate surface area is 125 Å². The number of ether oxygens (including phenoxy) is 2. The first kappa shape index (κ1) is 17.7. The van der Waals surface area contributed by atoms with E-state index in [1.54, 1.807) is 24.3 Å². The van der Waals surface area contributed by atoms with E-state index in [1.807, 2.05) is 0 Å². The van der Waals surface area contributed by atoms with Gasteiger partial charge in [0.15, 0.2) is 0 Å². The van der Waals surface area contributed by atoms with Crippen molar-refractivity contribution in [1.29, 1.82) is 0 Å². The summed E-state index contributed by atoms with van der Waals surface area (Å²) in [6.45, 7) is 0.989. The van der Waals surface area contributed by atoms with Crippen LogP contribution >= 0.6 is 0 Å². The van der Waals surface area contributed by atoms with Gasteiger partial charge in [-0.05, 0) is 18.6 Å². The minimum Gasteiger partial charge on any atom is -0.492 e. The van der Waals surface area contributed by atoms with Crippen LogP contribution in [0.5, 0.6) is 5.75 Å².